The molecule has 0 radical (unpaired) electrons. The van der Waals surface area contributed by atoms with Crippen LogP contribution in [-0.4, -0.2) is 21.7 Å². The van der Waals surface area contributed by atoms with E-state index < -0.39 is 0 Å². The van der Waals surface area contributed by atoms with E-state index in [1.165, 1.54) is 0 Å². The average Bonchev–Trinajstić information content (AvgIpc) is 2.01. The first kappa shape index (κ1) is 11.8. The van der Waals surface area contributed by atoms with E-state index in [1.807, 2.05) is 13.8 Å². The fraction of sp³-hybridized carbons (Fsp3) is 0.375. The van der Waals surface area contributed by atoms with Crippen molar-refractivity contribution >= 4 is 28.8 Å². The summed E-state index contributed by atoms with van der Waals surface area (Å²) in [5, 5.41) is 11.3. The Bertz CT molecular complexity index is 288. The fourth-order valence-corrected chi connectivity index (χ4v) is 0.864. The molecular weight excluding hydrogens is 186 g/mol. The summed E-state index contributed by atoms with van der Waals surface area (Å²) in [6.45, 7) is 5.36. The van der Waals surface area contributed by atoms with E-state index in [-0.39, 0.29) is 11.5 Å². The summed E-state index contributed by atoms with van der Waals surface area (Å²) in [4.78, 5) is 4.22. The third kappa shape index (κ3) is 5.08. The molecular formula is C8H13N3OS. The van der Waals surface area contributed by atoms with Crippen molar-refractivity contribution in [2.75, 3.05) is 0 Å². The minimum absolute atomic E-state index is 0.130. The van der Waals surface area contributed by atoms with E-state index in [0.717, 1.165) is 5.57 Å². The Morgan fingerprint density at radius 2 is 1.92 bits per heavy atom. The molecule has 3 N–H and O–H groups in total. The molecule has 0 unspecified atom stereocenters. The highest BCUT2D eigenvalue weighted by Crippen LogP contribution is 1.93. The van der Waals surface area contributed by atoms with Gasteiger partial charge in [-0.3, -0.25) is 0 Å². The Hall–Kier alpha value is -1.23. The third-order valence-corrected chi connectivity index (χ3v) is 1.37. The molecule has 0 saturated carbocycles. The van der Waals surface area contributed by atoms with Crippen LogP contribution in [0.25, 0.3) is 0 Å². The number of hydrogen-bond donors (Lipinski definition) is 2. The van der Waals surface area contributed by atoms with Crippen LogP contribution in [0, 0.1) is 0 Å². The van der Waals surface area contributed by atoms with Crippen molar-refractivity contribution in [1.82, 2.24) is 0 Å². The van der Waals surface area contributed by atoms with Crippen molar-refractivity contribution < 1.29 is 5.21 Å². The highest BCUT2D eigenvalue weighted by molar-refractivity contribution is 7.80. The molecule has 13 heavy (non-hydrogen) atoms. The van der Waals surface area contributed by atoms with Gasteiger partial charge in [-0.15, -0.1) is 0 Å². The number of nitrogens with two attached hydrogens (primary N) is 1. The Labute approximate surface area is 82.8 Å². The van der Waals surface area contributed by atoms with Crippen LogP contribution in [0.5, 0.6) is 0 Å². The maximum atomic E-state index is 8.37. The molecule has 0 bridgehead atoms. The van der Waals surface area contributed by atoms with Gasteiger partial charge in [0.1, 0.15) is 16.5 Å². The SMILES string of the molecule is CC(C)=CC(=S)N=C(N)/C(C)=N\O. The second kappa shape index (κ2) is 5.42. The molecule has 5 heteroatoms. The fourth-order valence-electron chi connectivity index (χ4n) is 0.530. The van der Waals surface area contributed by atoms with E-state index >= 15 is 0 Å². The minimum atomic E-state index is 0.130. The monoisotopic (exact) mass is 199 g/mol. The van der Waals surface area contributed by atoms with Gasteiger partial charge in [-0.05, 0) is 26.8 Å². The lowest BCUT2D eigenvalue weighted by atomic mass is 10.3. The summed E-state index contributed by atoms with van der Waals surface area (Å²) >= 11 is 4.89. The molecule has 0 aliphatic rings. The topological polar surface area (TPSA) is 71.0 Å². The van der Waals surface area contributed by atoms with Crippen molar-refractivity contribution in [3.8, 4) is 0 Å². The summed E-state index contributed by atoms with van der Waals surface area (Å²) < 4.78 is 0. The molecule has 72 valence electrons. The summed E-state index contributed by atoms with van der Waals surface area (Å²) in [5.74, 6) is 0.130. The molecule has 0 rings (SSSR count). The van der Waals surface area contributed by atoms with Crippen LogP contribution in [0.1, 0.15) is 20.8 Å². The lowest BCUT2D eigenvalue weighted by molar-refractivity contribution is 0.320. The van der Waals surface area contributed by atoms with Gasteiger partial charge in [0, 0.05) is 0 Å². The largest absolute Gasteiger partial charge is 0.411 e. The predicted octanol–water partition coefficient (Wildman–Crippen LogP) is 1.49. The molecule has 0 aliphatic heterocycles. The number of oxime groups is 1. The first-order valence-corrected chi connectivity index (χ1v) is 4.10. The first-order chi connectivity index (χ1) is 5.97. The Kier molecular flexibility index (Phi) is 4.91. The predicted molar refractivity (Wildman–Crippen MR) is 58.5 cm³/mol. The highest BCUT2D eigenvalue weighted by atomic mass is 32.1. The van der Waals surface area contributed by atoms with E-state index in [2.05, 4.69) is 10.1 Å². The number of rotatable bonds is 2. The molecule has 0 heterocycles. The van der Waals surface area contributed by atoms with E-state index in [0.29, 0.717) is 4.99 Å². The Balaban J connectivity index is 4.59. The van der Waals surface area contributed by atoms with Gasteiger partial charge in [-0.1, -0.05) is 22.9 Å². The molecule has 0 fully saturated rings. The summed E-state index contributed by atoms with van der Waals surface area (Å²) in [6.07, 6.45) is 1.72. The van der Waals surface area contributed by atoms with Crippen molar-refractivity contribution in [3.05, 3.63) is 11.6 Å². The van der Waals surface area contributed by atoms with Crippen LogP contribution < -0.4 is 5.73 Å². The third-order valence-electron chi connectivity index (χ3n) is 1.16. The van der Waals surface area contributed by atoms with Crippen LogP contribution in [0.2, 0.25) is 0 Å². The van der Waals surface area contributed by atoms with Crippen LogP contribution in [-0.2, 0) is 0 Å². The lowest BCUT2D eigenvalue weighted by Gasteiger charge is -1.96. The maximum Gasteiger partial charge on any atom is 0.149 e. The van der Waals surface area contributed by atoms with Gasteiger partial charge in [0.05, 0.1) is 0 Å². The number of amidine groups is 1. The van der Waals surface area contributed by atoms with Gasteiger partial charge >= 0.3 is 0 Å². The van der Waals surface area contributed by atoms with E-state index in [1.54, 1.807) is 13.0 Å². The van der Waals surface area contributed by atoms with Crippen LogP contribution in [0.15, 0.2) is 21.8 Å². The molecule has 0 spiro atoms. The molecule has 0 amide bonds. The Morgan fingerprint density at radius 3 is 2.31 bits per heavy atom. The second-order valence-electron chi connectivity index (χ2n) is 2.74. The van der Waals surface area contributed by atoms with Crippen LogP contribution in [0.3, 0.4) is 0 Å². The second-order valence-corrected chi connectivity index (χ2v) is 3.16. The molecule has 0 aromatic heterocycles. The smallest absolute Gasteiger partial charge is 0.149 e. The van der Waals surface area contributed by atoms with Crippen molar-refractivity contribution in [3.63, 3.8) is 0 Å². The molecule has 0 aromatic carbocycles. The van der Waals surface area contributed by atoms with Gasteiger partial charge in [0.2, 0.25) is 0 Å². The zero-order valence-corrected chi connectivity index (χ0v) is 8.72. The van der Waals surface area contributed by atoms with E-state index in [9.17, 15) is 0 Å². The number of nitrogens with zero attached hydrogens (tertiary/aromatic N) is 2. The van der Waals surface area contributed by atoms with E-state index in [4.69, 9.17) is 23.2 Å². The normalized spacial score (nSPS) is 12.5. The van der Waals surface area contributed by atoms with Crippen molar-refractivity contribution in [2.24, 2.45) is 15.9 Å². The standard InChI is InChI=1S/C8H13N3OS/c1-5(2)4-7(13)10-8(9)6(3)11-12/h4,12H,1-3H3,(H2,9,10,13)/b11-6-. The number of allylic oxidation sites excluding steroid dienone is 1. The molecule has 0 aromatic rings. The zero-order valence-electron chi connectivity index (χ0n) is 7.90. The van der Waals surface area contributed by atoms with Crippen molar-refractivity contribution in [2.45, 2.75) is 20.8 Å². The van der Waals surface area contributed by atoms with Gasteiger partial charge in [0.15, 0.2) is 0 Å². The van der Waals surface area contributed by atoms with Gasteiger partial charge in [-0.2, -0.15) is 0 Å². The molecule has 0 saturated heterocycles. The first-order valence-electron chi connectivity index (χ1n) is 3.69. The molecule has 0 atom stereocenters. The van der Waals surface area contributed by atoms with Gasteiger partial charge in [-0.25, -0.2) is 4.99 Å². The van der Waals surface area contributed by atoms with Crippen LogP contribution >= 0.6 is 12.2 Å². The zero-order chi connectivity index (χ0) is 10.4. The van der Waals surface area contributed by atoms with Gasteiger partial charge < -0.3 is 10.9 Å². The summed E-state index contributed by atoms with van der Waals surface area (Å²) in [6, 6.07) is 0. The van der Waals surface area contributed by atoms with Crippen molar-refractivity contribution in [1.29, 1.82) is 0 Å². The summed E-state index contributed by atoms with van der Waals surface area (Å²) in [5.41, 5.74) is 6.74. The minimum Gasteiger partial charge on any atom is -0.411 e. The van der Waals surface area contributed by atoms with Gasteiger partial charge in [0.25, 0.3) is 0 Å². The molecule has 0 aliphatic carbocycles. The highest BCUT2D eigenvalue weighted by Gasteiger charge is 1.98. The lowest BCUT2D eigenvalue weighted by Crippen LogP contribution is -2.22. The number of aliphatic imine (C=N–C) groups is 1. The Morgan fingerprint density at radius 1 is 1.38 bits per heavy atom. The van der Waals surface area contributed by atoms with Crippen LogP contribution in [0.4, 0.5) is 0 Å². The number of hydrogen-bond acceptors (Lipinski definition) is 3. The quantitative estimate of drug-likeness (QED) is 0.177. The summed E-state index contributed by atoms with van der Waals surface area (Å²) in [7, 11) is 0. The number of thiocarbonyl (C=S) groups is 1. The maximum absolute atomic E-state index is 8.37. The average molecular weight is 199 g/mol. The molecule has 4 nitrogen and oxygen atoms in total.